The zero-order chi connectivity index (χ0) is 24.0. The van der Waals surface area contributed by atoms with Gasteiger partial charge in [-0.1, -0.05) is 26.0 Å². The molecular formula is C26H31NO6. The number of hydrogen-bond donors (Lipinski definition) is 1. The zero-order valence-electron chi connectivity index (χ0n) is 19.5. The second kappa shape index (κ2) is 11.0. The molecule has 0 saturated carbocycles. The predicted octanol–water partition coefficient (Wildman–Crippen LogP) is 4.19. The van der Waals surface area contributed by atoms with Crippen LogP contribution in [0.3, 0.4) is 0 Å². The van der Waals surface area contributed by atoms with Crippen LogP contribution in [0, 0.1) is 5.92 Å². The van der Waals surface area contributed by atoms with Crippen LogP contribution in [-0.2, 0) is 14.3 Å². The molecule has 1 heterocycles. The fraction of sp³-hybridized carbons (Fsp3) is 0.385. The molecule has 1 aliphatic heterocycles. The van der Waals surface area contributed by atoms with Gasteiger partial charge in [0.2, 0.25) is 0 Å². The van der Waals surface area contributed by atoms with Crippen molar-refractivity contribution in [2.45, 2.75) is 26.8 Å². The van der Waals surface area contributed by atoms with Gasteiger partial charge in [0.15, 0.2) is 0 Å². The third-order valence-electron chi connectivity index (χ3n) is 5.29. The number of methoxy groups -OCH3 is 1. The summed E-state index contributed by atoms with van der Waals surface area (Å²) in [6, 6.07) is 13.3. The Balaban J connectivity index is 2.01. The first-order valence-electron chi connectivity index (χ1n) is 11.1. The van der Waals surface area contributed by atoms with Gasteiger partial charge >= 0.3 is 0 Å². The average molecular weight is 454 g/mol. The Bertz CT molecular complexity index is 994. The van der Waals surface area contributed by atoms with E-state index in [1.807, 2.05) is 31.2 Å². The Morgan fingerprint density at radius 2 is 1.61 bits per heavy atom. The summed E-state index contributed by atoms with van der Waals surface area (Å²) in [6.45, 7) is 7.61. The van der Waals surface area contributed by atoms with Crippen LogP contribution in [0.5, 0.6) is 11.5 Å². The summed E-state index contributed by atoms with van der Waals surface area (Å²) in [6.07, 6.45) is 0. The summed E-state index contributed by atoms with van der Waals surface area (Å²) < 4.78 is 16.3. The third-order valence-corrected chi connectivity index (χ3v) is 5.29. The summed E-state index contributed by atoms with van der Waals surface area (Å²) in [5.41, 5.74) is 1.19. The van der Waals surface area contributed by atoms with Crippen molar-refractivity contribution in [2.24, 2.45) is 5.92 Å². The minimum atomic E-state index is -0.731. The minimum Gasteiger partial charge on any atom is -0.507 e. The van der Waals surface area contributed by atoms with E-state index in [1.54, 1.807) is 24.3 Å². The monoisotopic (exact) mass is 453 g/mol. The number of aliphatic hydroxyl groups is 1. The number of benzene rings is 2. The first kappa shape index (κ1) is 24.3. The molecule has 2 aromatic rings. The van der Waals surface area contributed by atoms with Crippen LogP contribution >= 0.6 is 0 Å². The van der Waals surface area contributed by atoms with Gasteiger partial charge in [0.1, 0.15) is 17.3 Å². The Kier molecular flexibility index (Phi) is 8.11. The number of ketones is 1. The van der Waals surface area contributed by atoms with E-state index in [4.69, 9.17) is 14.2 Å². The van der Waals surface area contributed by atoms with Crippen LogP contribution in [0.4, 0.5) is 0 Å². The normalized spacial score (nSPS) is 17.6. The van der Waals surface area contributed by atoms with Crippen LogP contribution in [0.15, 0.2) is 54.1 Å². The summed E-state index contributed by atoms with van der Waals surface area (Å²) in [4.78, 5) is 27.3. The van der Waals surface area contributed by atoms with Crippen LogP contribution in [0.2, 0.25) is 0 Å². The highest BCUT2D eigenvalue weighted by molar-refractivity contribution is 6.46. The molecule has 1 atom stereocenters. The zero-order valence-corrected chi connectivity index (χ0v) is 19.5. The molecule has 7 heteroatoms. The van der Waals surface area contributed by atoms with Gasteiger partial charge in [0.25, 0.3) is 11.7 Å². The first-order valence-corrected chi connectivity index (χ1v) is 11.1. The van der Waals surface area contributed by atoms with Gasteiger partial charge in [-0.25, -0.2) is 0 Å². The number of amides is 1. The van der Waals surface area contributed by atoms with E-state index in [0.717, 1.165) is 0 Å². The maximum atomic E-state index is 13.0. The molecule has 33 heavy (non-hydrogen) atoms. The number of carbonyl (C=O) groups is 2. The SMILES string of the molecule is CCOc1ccc(/C(O)=C2/C(=O)C(=O)N(CCOC)C2c2ccc(OCC(C)C)cc2)cc1. The quantitative estimate of drug-likeness (QED) is 0.330. The van der Waals surface area contributed by atoms with E-state index >= 15 is 0 Å². The standard InChI is InChI=1S/C26H31NO6/c1-5-32-20-12-8-19(9-13-20)24(28)22-23(27(14-15-31-4)26(30)25(22)29)18-6-10-21(11-7-18)33-16-17(2)3/h6-13,17,23,28H,5,14-16H2,1-4H3/b24-22-. The van der Waals surface area contributed by atoms with E-state index in [9.17, 15) is 14.7 Å². The molecule has 1 unspecified atom stereocenters. The number of likely N-dealkylation sites (tertiary alicyclic amines) is 1. The Hall–Kier alpha value is -3.32. The number of ether oxygens (including phenoxy) is 3. The highest BCUT2D eigenvalue weighted by atomic mass is 16.5. The molecule has 176 valence electrons. The van der Waals surface area contributed by atoms with Crippen LogP contribution < -0.4 is 9.47 Å². The highest BCUT2D eigenvalue weighted by Crippen LogP contribution is 2.39. The van der Waals surface area contributed by atoms with Gasteiger partial charge in [0, 0.05) is 19.2 Å². The van der Waals surface area contributed by atoms with Gasteiger partial charge < -0.3 is 24.2 Å². The smallest absolute Gasteiger partial charge is 0.295 e. The van der Waals surface area contributed by atoms with Crippen molar-refractivity contribution in [1.82, 2.24) is 4.90 Å². The lowest BCUT2D eigenvalue weighted by Crippen LogP contribution is -2.32. The summed E-state index contributed by atoms with van der Waals surface area (Å²) in [5, 5.41) is 11.1. The fourth-order valence-corrected chi connectivity index (χ4v) is 3.69. The average Bonchev–Trinajstić information content (AvgIpc) is 3.06. The number of nitrogens with zero attached hydrogens (tertiary/aromatic N) is 1. The van der Waals surface area contributed by atoms with Gasteiger partial charge in [-0.3, -0.25) is 9.59 Å². The predicted molar refractivity (Wildman–Crippen MR) is 125 cm³/mol. The molecule has 2 aromatic carbocycles. The Labute approximate surface area is 194 Å². The van der Waals surface area contributed by atoms with E-state index in [2.05, 4.69) is 13.8 Å². The lowest BCUT2D eigenvalue weighted by molar-refractivity contribution is -0.140. The lowest BCUT2D eigenvalue weighted by atomic mass is 9.95. The number of carbonyl (C=O) groups excluding carboxylic acids is 2. The Morgan fingerprint density at radius 1 is 1.00 bits per heavy atom. The molecule has 1 amide bonds. The van der Waals surface area contributed by atoms with Crippen molar-refractivity contribution < 1.29 is 28.9 Å². The van der Waals surface area contributed by atoms with Gasteiger partial charge in [-0.05, 0) is 54.8 Å². The minimum absolute atomic E-state index is 0.0520. The molecule has 3 rings (SSSR count). The van der Waals surface area contributed by atoms with Crippen molar-refractivity contribution in [3.8, 4) is 11.5 Å². The fourth-order valence-electron chi connectivity index (χ4n) is 3.69. The van der Waals surface area contributed by atoms with Gasteiger partial charge in [-0.2, -0.15) is 0 Å². The maximum Gasteiger partial charge on any atom is 0.295 e. The van der Waals surface area contributed by atoms with Gasteiger partial charge in [0.05, 0.1) is 31.4 Å². The molecule has 0 aromatic heterocycles. The van der Waals surface area contributed by atoms with Crippen LogP contribution in [-0.4, -0.2) is 55.2 Å². The number of Topliss-reactive ketones (excluding diaryl/α,β-unsaturated/α-hetero) is 1. The van der Waals surface area contributed by atoms with Crippen molar-refractivity contribution in [3.63, 3.8) is 0 Å². The number of rotatable bonds is 10. The second-order valence-electron chi connectivity index (χ2n) is 8.22. The molecule has 0 aliphatic carbocycles. The third kappa shape index (κ3) is 5.54. The number of aliphatic hydroxyl groups excluding tert-OH is 1. The Morgan fingerprint density at radius 3 is 2.18 bits per heavy atom. The molecule has 1 N–H and O–H groups in total. The second-order valence-corrected chi connectivity index (χ2v) is 8.22. The molecule has 1 fully saturated rings. The summed E-state index contributed by atoms with van der Waals surface area (Å²) >= 11 is 0. The van der Waals surface area contributed by atoms with E-state index in [1.165, 1.54) is 12.0 Å². The van der Waals surface area contributed by atoms with E-state index in [-0.39, 0.29) is 24.5 Å². The molecular weight excluding hydrogens is 422 g/mol. The molecule has 7 nitrogen and oxygen atoms in total. The molecule has 1 aliphatic rings. The summed E-state index contributed by atoms with van der Waals surface area (Å²) in [7, 11) is 1.53. The molecule has 0 radical (unpaired) electrons. The molecule has 1 saturated heterocycles. The topological polar surface area (TPSA) is 85.3 Å². The maximum absolute atomic E-state index is 13.0. The number of hydrogen-bond acceptors (Lipinski definition) is 6. The largest absolute Gasteiger partial charge is 0.507 e. The van der Waals surface area contributed by atoms with E-state index in [0.29, 0.717) is 41.8 Å². The van der Waals surface area contributed by atoms with Gasteiger partial charge in [-0.15, -0.1) is 0 Å². The first-order chi connectivity index (χ1) is 15.9. The van der Waals surface area contributed by atoms with Crippen LogP contribution in [0.1, 0.15) is 37.9 Å². The highest BCUT2D eigenvalue weighted by Gasteiger charge is 2.45. The van der Waals surface area contributed by atoms with E-state index < -0.39 is 17.7 Å². The van der Waals surface area contributed by atoms with Crippen molar-refractivity contribution in [3.05, 3.63) is 65.2 Å². The lowest BCUT2D eigenvalue weighted by Gasteiger charge is -2.25. The van der Waals surface area contributed by atoms with Crippen LogP contribution in [0.25, 0.3) is 5.76 Å². The molecule has 0 bridgehead atoms. The van der Waals surface area contributed by atoms with Crippen molar-refractivity contribution in [2.75, 3.05) is 33.5 Å². The molecule has 0 spiro atoms. The van der Waals surface area contributed by atoms with Crippen molar-refractivity contribution in [1.29, 1.82) is 0 Å². The summed E-state index contributed by atoms with van der Waals surface area (Å²) in [5.74, 6) is 0.143. The van der Waals surface area contributed by atoms with Crippen molar-refractivity contribution >= 4 is 17.4 Å².